The van der Waals surface area contributed by atoms with Crippen LogP contribution in [0.1, 0.15) is 52.9 Å². The molecular formula is C30H32N2O4. The minimum atomic E-state index is -0.983. The maximum atomic E-state index is 11.1. The third-order valence-corrected chi connectivity index (χ3v) is 6.62. The van der Waals surface area contributed by atoms with Crippen LogP contribution in [0.3, 0.4) is 0 Å². The number of β-amino-alcohol motifs (C(OH)–C–C–N with tert-alkyl or cyclic N) is 1. The van der Waals surface area contributed by atoms with Crippen molar-refractivity contribution in [3.05, 3.63) is 88.5 Å². The number of carbonyl (C=O) groups is 1. The minimum absolute atomic E-state index is 0.0397. The average molecular weight is 485 g/mol. The second-order valence-corrected chi connectivity index (χ2v) is 10.1. The first-order valence-corrected chi connectivity index (χ1v) is 12.3. The van der Waals surface area contributed by atoms with Crippen molar-refractivity contribution < 1.29 is 19.7 Å². The second-order valence-electron chi connectivity index (χ2n) is 10.1. The first-order valence-electron chi connectivity index (χ1n) is 12.3. The van der Waals surface area contributed by atoms with Gasteiger partial charge < -0.3 is 20.3 Å². The molecule has 1 aliphatic carbocycles. The Labute approximate surface area is 212 Å². The average Bonchev–Trinajstić information content (AvgIpc) is 3.34. The van der Waals surface area contributed by atoms with Crippen molar-refractivity contribution in [3.63, 3.8) is 0 Å². The molecule has 0 heterocycles. The van der Waals surface area contributed by atoms with Gasteiger partial charge >= 0.3 is 5.97 Å². The highest BCUT2D eigenvalue weighted by Gasteiger charge is 2.21. The lowest BCUT2D eigenvalue weighted by molar-refractivity contribution is 0.0697. The SMILES string of the molecule is CC(C)(Cc1ccc2c(c1)CCC2)NCC(O)COc1cc(-c2ccc(C(=O)O)cc2)ccc1C#N. The van der Waals surface area contributed by atoms with Gasteiger partial charge in [0, 0.05) is 12.1 Å². The summed E-state index contributed by atoms with van der Waals surface area (Å²) in [5, 5.41) is 32.6. The highest BCUT2D eigenvalue weighted by atomic mass is 16.5. The number of ether oxygens (including phenoxy) is 1. The summed E-state index contributed by atoms with van der Waals surface area (Å²) in [7, 11) is 0. The zero-order valence-electron chi connectivity index (χ0n) is 20.8. The lowest BCUT2D eigenvalue weighted by Gasteiger charge is -2.28. The highest BCUT2D eigenvalue weighted by molar-refractivity contribution is 5.88. The standard InChI is InChI=1S/C30H32N2O4/c1-30(2,16-20-6-7-21-4-3-5-24(21)14-20)32-18-27(33)19-36-28-15-25(12-13-26(28)17-31)22-8-10-23(11-9-22)29(34)35/h6-15,27,32-33H,3-5,16,18-19H2,1-2H3,(H,34,35). The first kappa shape index (κ1) is 25.4. The van der Waals surface area contributed by atoms with Crippen LogP contribution in [0.15, 0.2) is 60.7 Å². The molecule has 4 rings (SSSR count). The summed E-state index contributed by atoms with van der Waals surface area (Å²) in [6.07, 6.45) is 3.67. The summed E-state index contributed by atoms with van der Waals surface area (Å²) >= 11 is 0. The molecule has 0 amide bonds. The van der Waals surface area contributed by atoms with E-state index in [2.05, 4.69) is 43.4 Å². The summed E-state index contributed by atoms with van der Waals surface area (Å²) in [5.41, 5.74) is 6.21. The number of aliphatic hydroxyl groups is 1. The molecule has 0 spiro atoms. The Kier molecular flexibility index (Phi) is 7.73. The van der Waals surface area contributed by atoms with Crippen molar-refractivity contribution in [1.29, 1.82) is 5.26 Å². The number of benzene rings is 3. The van der Waals surface area contributed by atoms with Crippen molar-refractivity contribution in [2.24, 2.45) is 0 Å². The molecule has 0 aliphatic heterocycles. The van der Waals surface area contributed by atoms with Gasteiger partial charge in [-0.2, -0.15) is 5.26 Å². The number of hydrogen-bond donors (Lipinski definition) is 3. The number of aryl methyl sites for hydroxylation is 2. The van der Waals surface area contributed by atoms with Crippen LogP contribution in [0.5, 0.6) is 5.75 Å². The molecule has 1 atom stereocenters. The Bertz CT molecular complexity index is 1280. The quantitative estimate of drug-likeness (QED) is 0.383. The Balaban J connectivity index is 1.34. The molecule has 6 nitrogen and oxygen atoms in total. The Morgan fingerprint density at radius 3 is 2.50 bits per heavy atom. The molecule has 0 fully saturated rings. The van der Waals surface area contributed by atoms with Gasteiger partial charge in [-0.15, -0.1) is 0 Å². The number of nitriles is 1. The topological polar surface area (TPSA) is 103 Å². The summed E-state index contributed by atoms with van der Waals surface area (Å²) in [5.74, 6) is -0.600. The van der Waals surface area contributed by atoms with Gasteiger partial charge in [-0.05, 0) is 91.6 Å². The van der Waals surface area contributed by atoms with Crippen molar-refractivity contribution >= 4 is 5.97 Å². The second kappa shape index (κ2) is 10.9. The highest BCUT2D eigenvalue weighted by Crippen LogP contribution is 2.28. The van der Waals surface area contributed by atoms with E-state index in [-0.39, 0.29) is 17.7 Å². The zero-order valence-corrected chi connectivity index (χ0v) is 20.8. The lowest BCUT2D eigenvalue weighted by Crippen LogP contribution is -2.46. The van der Waals surface area contributed by atoms with Gasteiger partial charge in [-0.3, -0.25) is 0 Å². The number of nitrogens with zero attached hydrogens (tertiary/aromatic N) is 1. The van der Waals surface area contributed by atoms with E-state index in [1.165, 1.54) is 41.7 Å². The van der Waals surface area contributed by atoms with E-state index in [0.717, 1.165) is 24.0 Å². The predicted molar refractivity (Wildman–Crippen MR) is 139 cm³/mol. The monoisotopic (exact) mass is 484 g/mol. The van der Waals surface area contributed by atoms with Crippen LogP contribution >= 0.6 is 0 Å². The smallest absolute Gasteiger partial charge is 0.335 e. The fraction of sp³-hybridized carbons (Fsp3) is 0.333. The largest absolute Gasteiger partial charge is 0.489 e. The van der Waals surface area contributed by atoms with Gasteiger partial charge in [0.1, 0.15) is 24.5 Å². The van der Waals surface area contributed by atoms with Crippen molar-refractivity contribution in [3.8, 4) is 22.9 Å². The van der Waals surface area contributed by atoms with Crippen molar-refractivity contribution in [2.75, 3.05) is 13.2 Å². The van der Waals surface area contributed by atoms with Crippen molar-refractivity contribution in [1.82, 2.24) is 5.32 Å². The number of carboxylic acid groups (broad SMARTS) is 1. The minimum Gasteiger partial charge on any atom is -0.489 e. The molecule has 0 bridgehead atoms. The lowest BCUT2D eigenvalue weighted by atomic mass is 9.93. The summed E-state index contributed by atoms with van der Waals surface area (Å²) in [4.78, 5) is 11.1. The molecular weight excluding hydrogens is 452 g/mol. The number of fused-ring (bicyclic) bond motifs is 1. The van der Waals surface area contributed by atoms with Gasteiger partial charge in [-0.1, -0.05) is 36.4 Å². The van der Waals surface area contributed by atoms with Gasteiger partial charge in [0.2, 0.25) is 0 Å². The molecule has 3 aromatic rings. The molecule has 0 radical (unpaired) electrons. The van der Waals surface area contributed by atoms with E-state index in [0.29, 0.717) is 17.9 Å². The van der Waals surface area contributed by atoms with Crippen LogP contribution in [0.25, 0.3) is 11.1 Å². The van der Waals surface area contributed by atoms with Gasteiger partial charge in [0.25, 0.3) is 0 Å². The normalized spacial score (nSPS) is 13.6. The van der Waals surface area contributed by atoms with Crippen LogP contribution in [0, 0.1) is 11.3 Å². The summed E-state index contributed by atoms with van der Waals surface area (Å²) < 4.78 is 5.84. The van der Waals surface area contributed by atoms with E-state index in [1.54, 1.807) is 30.3 Å². The van der Waals surface area contributed by atoms with Crippen LogP contribution in [-0.2, 0) is 19.3 Å². The summed E-state index contributed by atoms with van der Waals surface area (Å²) in [6, 6.07) is 20.6. The summed E-state index contributed by atoms with van der Waals surface area (Å²) in [6.45, 7) is 4.65. The molecule has 3 aromatic carbocycles. The number of nitrogens with one attached hydrogen (secondary N) is 1. The van der Waals surface area contributed by atoms with E-state index in [4.69, 9.17) is 9.84 Å². The number of carboxylic acids is 1. The van der Waals surface area contributed by atoms with E-state index < -0.39 is 12.1 Å². The zero-order chi connectivity index (χ0) is 25.7. The predicted octanol–water partition coefficient (Wildman–Crippen LogP) is 4.76. The molecule has 6 heteroatoms. The third-order valence-electron chi connectivity index (χ3n) is 6.62. The fourth-order valence-electron chi connectivity index (χ4n) is 4.67. The van der Waals surface area contributed by atoms with E-state index >= 15 is 0 Å². The molecule has 0 saturated carbocycles. The molecule has 186 valence electrons. The van der Waals surface area contributed by atoms with E-state index in [1.807, 2.05) is 0 Å². The molecule has 0 saturated heterocycles. The maximum absolute atomic E-state index is 11.1. The molecule has 1 unspecified atom stereocenters. The fourth-order valence-corrected chi connectivity index (χ4v) is 4.67. The van der Waals surface area contributed by atoms with Crippen LogP contribution in [0.4, 0.5) is 0 Å². The molecule has 36 heavy (non-hydrogen) atoms. The van der Waals surface area contributed by atoms with Crippen LogP contribution in [-0.4, -0.2) is 41.0 Å². The maximum Gasteiger partial charge on any atom is 0.335 e. The van der Waals surface area contributed by atoms with Crippen LogP contribution < -0.4 is 10.1 Å². The first-order chi connectivity index (χ1) is 17.2. The Morgan fingerprint density at radius 2 is 1.78 bits per heavy atom. The molecule has 1 aliphatic rings. The van der Waals surface area contributed by atoms with Gasteiger partial charge in [-0.25, -0.2) is 4.79 Å². The van der Waals surface area contributed by atoms with Crippen molar-refractivity contribution in [2.45, 2.75) is 51.2 Å². The number of hydrogen-bond acceptors (Lipinski definition) is 5. The van der Waals surface area contributed by atoms with E-state index in [9.17, 15) is 15.2 Å². The third kappa shape index (κ3) is 6.31. The number of aromatic carboxylic acids is 1. The Hall–Kier alpha value is -3.66. The van der Waals surface area contributed by atoms with Gasteiger partial charge in [0.15, 0.2) is 0 Å². The number of rotatable bonds is 10. The van der Waals surface area contributed by atoms with Gasteiger partial charge in [0.05, 0.1) is 11.1 Å². The van der Waals surface area contributed by atoms with Crippen LogP contribution in [0.2, 0.25) is 0 Å². The Morgan fingerprint density at radius 1 is 1.06 bits per heavy atom. The molecule has 0 aromatic heterocycles. The molecule has 3 N–H and O–H groups in total. The number of aliphatic hydroxyl groups excluding tert-OH is 1.